The fourth-order valence-electron chi connectivity index (χ4n) is 8.69. The smallest absolute Gasteiger partial charge is 0.218 e. The van der Waals surface area contributed by atoms with Crippen LogP contribution in [0.5, 0.6) is 0 Å². The summed E-state index contributed by atoms with van der Waals surface area (Å²) in [5, 5.41) is 247. The van der Waals surface area contributed by atoms with E-state index in [4.69, 9.17) is 57.1 Å². The van der Waals surface area contributed by atoms with Gasteiger partial charge in [-0.2, -0.15) is 0 Å². The zero-order valence-corrected chi connectivity index (χ0v) is 40.7. The van der Waals surface area contributed by atoms with Gasteiger partial charge in [-0.3, -0.25) is 0 Å². The summed E-state index contributed by atoms with van der Waals surface area (Å²) in [6.45, 7) is -6.47. The Balaban J connectivity index is 1.53. The molecule has 11 rings (SSSR count). The minimum Gasteiger partial charge on any atom is -0.506 e. The van der Waals surface area contributed by atoms with Gasteiger partial charge in [-0.25, -0.2) is 9.78 Å². The van der Waals surface area contributed by atoms with Gasteiger partial charge in [-0.1, -0.05) is 0 Å². The SMILES string of the molecule is C[C@@H](O)C(O)[C@@H]1O[C@@H]2OC(CO)[C@@H](O[C@H]3OC(CO)[C@@H](O[C@H](O)/C(O)=C(/O)[C@@H](CCO)O[C@H]4OC(CO)[C@@H](O[C@H]5OC(CO)[C@@H](O[C@@H](O)/C(O)=C(\O)[C@@H](CCO)OOC1CO)C(O)C5O)C(O)C4O)C(O)C3O)[C@H](O)C2O. The molecule has 0 amide bonds. The van der Waals surface area contributed by atoms with E-state index < -0.39 is 254 Å². The van der Waals surface area contributed by atoms with Gasteiger partial charge in [0.1, 0.15) is 122 Å². The van der Waals surface area contributed by atoms with Gasteiger partial charge in [0.05, 0.1) is 39.1 Å². The van der Waals surface area contributed by atoms with E-state index in [1.165, 1.54) is 0 Å². The highest BCUT2D eigenvalue weighted by Gasteiger charge is 2.55. The highest BCUT2D eigenvalue weighted by Crippen LogP contribution is 2.35. The van der Waals surface area contributed by atoms with Gasteiger partial charge in [-0.05, 0) is 6.92 Å². The molecule has 13 unspecified atom stereocenters. The van der Waals surface area contributed by atoms with Gasteiger partial charge >= 0.3 is 0 Å². The molecule has 35 heteroatoms. The van der Waals surface area contributed by atoms with E-state index in [-0.39, 0.29) is 0 Å². The molecule has 28 atom stereocenters. The van der Waals surface area contributed by atoms with Crippen molar-refractivity contribution in [3.8, 4) is 0 Å². The summed E-state index contributed by atoms with van der Waals surface area (Å²) in [7, 11) is 0. The molecule has 0 aliphatic carbocycles. The van der Waals surface area contributed by atoms with Crippen LogP contribution in [0.3, 0.4) is 0 Å². The van der Waals surface area contributed by atoms with E-state index >= 15 is 0 Å². The maximum Gasteiger partial charge on any atom is 0.218 e. The van der Waals surface area contributed by atoms with Crippen LogP contribution in [0.15, 0.2) is 23.0 Å². The van der Waals surface area contributed by atoms with Crippen molar-refractivity contribution in [2.24, 2.45) is 0 Å². The number of aliphatic hydroxyl groups excluding tert-OH is 23. The zero-order chi connectivity index (χ0) is 57.3. The number of aliphatic hydroxyl groups is 23. The van der Waals surface area contributed by atoms with Gasteiger partial charge in [0, 0.05) is 26.1 Å². The molecule has 11 aliphatic rings. The molecule has 450 valence electrons. The molecule has 11 heterocycles. The molecule has 77 heavy (non-hydrogen) atoms. The van der Waals surface area contributed by atoms with E-state index in [2.05, 4.69) is 0 Å². The van der Waals surface area contributed by atoms with E-state index in [1.54, 1.807) is 0 Å². The highest BCUT2D eigenvalue weighted by molar-refractivity contribution is 5.09. The summed E-state index contributed by atoms with van der Waals surface area (Å²) >= 11 is 0. The van der Waals surface area contributed by atoms with Crippen LogP contribution in [-0.4, -0.2) is 336 Å². The zero-order valence-electron chi connectivity index (χ0n) is 40.7. The molecule has 0 aromatic heterocycles. The van der Waals surface area contributed by atoms with Gasteiger partial charge in [-0.15, -0.1) is 0 Å². The second-order valence-corrected chi connectivity index (χ2v) is 18.4. The standard InChI is InChI=1S/C42H72O35/c1-11(50)19(51)36-18(10-49)77-76-13(3-5-44)21(53)27(59)38(65)72-33-15(7-46)69-40(30(62)23(33)55)73-34-16(8-47)67-39(28(60)24(34)56)66-12(2-4-43)20(52)26(58)37(64)71-32-14(6-45)68-41(29(61)22(32)54)74-35-17(9-48)70-42(75-36)31(63)25(35)57/h11-19,22-25,28-65H,2-10H2,1H3/b26-20-,27-21+/t11-,12-,13-,14?,15?,16?,17?,18?,19?,22?,23?,24?,25-,28?,29?,30?,31?,32-,33-,34-,35-,36-,37+,38-,39+,40-,41-,42+/m1/s1. The van der Waals surface area contributed by atoms with Crippen molar-refractivity contribution in [2.75, 3.05) is 46.2 Å². The lowest BCUT2D eigenvalue weighted by atomic mass is 9.96. The summed E-state index contributed by atoms with van der Waals surface area (Å²) in [5.74, 6) is -5.84. The van der Waals surface area contributed by atoms with Crippen LogP contribution in [0.2, 0.25) is 0 Å². The Morgan fingerprint density at radius 1 is 0.351 bits per heavy atom. The summed E-state index contributed by atoms with van der Waals surface area (Å²) in [6, 6.07) is 0. The third kappa shape index (κ3) is 14.9. The fraction of sp³-hybridized carbons (Fsp3) is 0.905. The first-order valence-corrected chi connectivity index (χ1v) is 24.0. The molecule has 4 fully saturated rings. The normalized spacial score (nSPS) is 47.6. The lowest BCUT2D eigenvalue weighted by Gasteiger charge is -2.47. The molecule has 0 saturated carbocycles. The molecule has 0 radical (unpaired) electrons. The lowest BCUT2D eigenvalue weighted by Crippen LogP contribution is -2.66. The van der Waals surface area contributed by atoms with Crippen LogP contribution in [0, 0.1) is 0 Å². The van der Waals surface area contributed by atoms with Crippen molar-refractivity contribution >= 4 is 0 Å². The number of ether oxygens (including phenoxy) is 10. The lowest BCUT2D eigenvalue weighted by molar-refractivity contribution is -0.397. The van der Waals surface area contributed by atoms with Gasteiger partial charge in [0.15, 0.2) is 54.3 Å². The van der Waals surface area contributed by atoms with Gasteiger partial charge in [0.25, 0.3) is 0 Å². The van der Waals surface area contributed by atoms with Gasteiger partial charge < -0.3 is 165 Å². The van der Waals surface area contributed by atoms with Crippen molar-refractivity contribution in [2.45, 2.75) is 192 Å². The predicted octanol–water partition coefficient (Wildman–Crippen LogP) is -11.5. The quantitative estimate of drug-likeness (QED) is 0.0854. The van der Waals surface area contributed by atoms with E-state index in [9.17, 15) is 117 Å². The predicted molar refractivity (Wildman–Crippen MR) is 235 cm³/mol. The number of hydrogen-bond donors (Lipinski definition) is 23. The van der Waals surface area contributed by atoms with Crippen LogP contribution in [-0.2, 0) is 57.1 Å². The van der Waals surface area contributed by atoms with Crippen LogP contribution >= 0.6 is 0 Å². The summed E-state index contributed by atoms with van der Waals surface area (Å²) in [6.07, 6.45) is -61.1. The summed E-state index contributed by atoms with van der Waals surface area (Å²) in [4.78, 5) is 10.3. The molecule has 35 nitrogen and oxygen atoms in total. The van der Waals surface area contributed by atoms with E-state index in [0.717, 1.165) is 6.92 Å². The molecule has 8 bridgehead atoms. The van der Waals surface area contributed by atoms with Crippen molar-refractivity contribution < 1.29 is 175 Å². The van der Waals surface area contributed by atoms with Crippen LogP contribution in [0.1, 0.15) is 19.8 Å². The van der Waals surface area contributed by atoms with Crippen LogP contribution < -0.4 is 0 Å². The molecule has 0 spiro atoms. The third-order valence-corrected chi connectivity index (χ3v) is 13.1. The fourth-order valence-corrected chi connectivity index (χ4v) is 8.69. The average molecular weight is 1140 g/mol. The molecule has 0 aromatic carbocycles. The highest BCUT2D eigenvalue weighted by atomic mass is 17.2. The molecule has 23 N–H and O–H groups in total. The van der Waals surface area contributed by atoms with Crippen molar-refractivity contribution in [1.29, 1.82) is 0 Å². The topological polar surface area (TPSA) is 576 Å². The second-order valence-electron chi connectivity index (χ2n) is 18.4. The molecule has 11 aliphatic heterocycles. The summed E-state index contributed by atoms with van der Waals surface area (Å²) < 4.78 is 55.1. The Kier molecular flexibility index (Phi) is 24.9. The molecular formula is C42H72O35. The van der Waals surface area contributed by atoms with E-state index in [0.29, 0.717) is 0 Å². The van der Waals surface area contributed by atoms with Crippen LogP contribution in [0.25, 0.3) is 0 Å². The Labute approximate surface area is 435 Å². The first-order valence-electron chi connectivity index (χ1n) is 24.0. The first kappa shape index (κ1) is 65.3. The van der Waals surface area contributed by atoms with Crippen LogP contribution in [0.4, 0.5) is 0 Å². The minimum atomic E-state index is -2.73. The molecule has 0 aromatic rings. The molecule has 4 saturated heterocycles. The van der Waals surface area contributed by atoms with E-state index in [1.807, 2.05) is 0 Å². The monoisotopic (exact) mass is 1140 g/mol. The average Bonchev–Trinajstić information content (AvgIpc) is 3.42. The number of hydrogen-bond acceptors (Lipinski definition) is 35. The Morgan fingerprint density at radius 2 is 0.662 bits per heavy atom. The summed E-state index contributed by atoms with van der Waals surface area (Å²) in [5.41, 5.74) is 0. The van der Waals surface area contributed by atoms with Crippen molar-refractivity contribution in [1.82, 2.24) is 0 Å². The van der Waals surface area contributed by atoms with Crippen molar-refractivity contribution in [3.05, 3.63) is 23.0 Å². The van der Waals surface area contributed by atoms with Gasteiger partial charge in [0.2, 0.25) is 12.6 Å². The first-order chi connectivity index (χ1) is 36.4. The maximum absolute atomic E-state index is 11.3. The largest absolute Gasteiger partial charge is 0.506 e. The number of rotatable bonds is 11. The third-order valence-electron chi connectivity index (χ3n) is 13.1. The Bertz CT molecular complexity index is 1830. The second kappa shape index (κ2) is 29.4. The minimum absolute atomic E-state index is 0.693. The Hall–Kier alpha value is -2.56. The van der Waals surface area contributed by atoms with Crippen molar-refractivity contribution in [3.63, 3.8) is 0 Å². The maximum atomic E-state index is 11.3. The Morgan fingerprint density at radius 3 is 1.00 bits per heavy atom. The molecular weight excluding hydrogens is 1060 g/mol.